The number of hydrogen-bond acceptors (Lipinski definition) is 10. The maximum absolute atomic E-state index is 10.3. The second-order valence-electron chi connectivity index (χ2n) is 7.92. The summed E-state index contributed by atoms with van der Waals surface area (Å²) in [5, 5.41) is 16.9. The lowest BCUT2D eigenvalue weighted by atomic mass is 10.2. The van der Waals surface area contributed by atoms with Gasteiger partial charge in [-0.05, 0) is 23.8 Å². The van der Waals surface area contributed by atoms with Gasteiger partial charge >= 0.3 is 6.01 Å². The molecule has 2 aromatic heterocycles. The Bertz CT molecular complexity index is 1200. The summed E-state index contributed by atoms with van der Waals surface area (Å²) in [6.45, 7) is 6.33. The standard InChI is InChI=1S/C23H26N8OS/c32-23-28-21(26-18-6-7-19-20(14-18)33-16-25-19)27-22(29-23)31(15-17-4-2-1-3-5-17)13-12-30-10-8-24-9-11-30/h1-7,14,16,24H,8-13,15H2,(H2,26,27,28,29,32). The van der Waals surface area contributed by atoms with Crippen molar-refractivity contribution < 1.29 is 5.11 Å². The van der Waals surface area contributed by atoms with Crippen molar-refractivity contribution >= 4 is 39.1 Å². The van der Waals surface area contributed by atoms with Crippen LogP contribution in [0.5, 0.6) is 6.01 Å². The Morgan fingerprint density at radius 3 is 2.76 bits per heavy atom. The van der Waals surface area contributed by atoms with Crippen LogP contribution in [0.25, 0.3) is 10.2 Å². The molecular formula is C23H26N8OS. The largest absolute Gasteiger partial charge is 0.479 e. The highest BCUT2D eigenvalue weighted by atomic mass is 32.1. The maximum Gasteiger partial charge on any atom is 0.320 e. The summed E-state index contributed by atoms with van der Waals surface area (Å²) >= 11 is 1.57. The van der Waals surface area contributed by atoms with Crippen LogP contribution in [0, 0.1) is 0 Å². The fourth-order valence-corrected chi connectivity index (χ4v) is 4.58. The van der Waals surface area contributed by atoms with Crippen molar-refractivity contribution in [1.29, 1.82) is 0 Å². The third-order valence-electron chi connectivity index (χ3n) is 5.59. The molecule has 5 rings (SSSR count). The van der Waals surface area contributed by atoms with E-state index in [2.05, 4.69) is 52.5 Å². The van der Waals surface area contributed by atoms with Gasteiger partial charge < -0.3 is 20.6 Å². The van der Waals surface area contributed by atoms with Crippen LogP contribution in [-0.4, -0.2) is 69.2 Å². The van der Waals surface area contributed by atoms with Crippen LogP contribution >= 0.6 is 11.3 Å². The lowest BCUT2D eigenvalue weighted by molar-refractivity contribution is 0.245. The topological polar surface area (TPSA) is 102 Å². The van der Waals surface area contributed by atoms with E-state index in [1.807, 2.05) is 41.9 Å². The predicted octanol–water partition coefficient (Wildman–Crippen LogP) is 2.84. The smallest absolute Gasteiger partial charge is 0.320 e. The Morgan fingerprint density at radius 1 is 1.06 bits per heavy atom. The fourth-order valence-electron chi connectivity index (χ4n) is 3.86. The number of aromatic nitrogens is 4. The molecule has 10 heteroatoms. The van der Waals surface area contributed by atoms with Crippen molar-refractivity contribution in [3.63, 3.8) is 0 Å². The first-order valence-electron chi connectivity index (χ1n) is 11.0. The molecule has 1 aliphatic rings. The van der Waals surface area contributed by atoms with Gasteiger partial charge in [-0.15, -0.1) is 11.3 Å². The summed E-state index contributed by atoms with van der Waals surface area (Å²) in [6.07, 6.45) is 0. The zero-order valence-corrected chi connectivity index (χ0v) is 19.0. The zero-order valence-electron chi connectivity index (χ0n) is 18.2. The zero-order chi connectivity index (χ0) is 22.5. The van der Waals surface area contributed by atoms with Crippen molar-refractivity contribution in [1.82, 2.24) is 30.2 Å². The summed E-state index contributed by atoms with van der Waals surface area (Å²) in [5.41, 5.74) is 4.76. The average Bonchev–Trinajstić information content (AvgIpc) is 3.31. The molecule has 9 nitrogen and oxygen atoms in total. The van der Waals surface area contributed by atoms with Gasteiger partial charge in [-0.1, -0.05) is 30.3 Å². The van der Waals surface area contributed by atoms with E-state index in [0.717, 1.165) is 60.7 Å². The van der Waals surface area contributed by atoms with E-state index in [9.17, 15) is 5.11 Å². The van der Waals surface area contributed by atoms with E-state index in [4.69, 9.17) is 0 Å². The minimum atomic E-state index is -0.304. The van der Waals surface area contributed by atoms with Crippen LogP contribution in [0.4, 0.5) is 17.6 Å². The minimum Gasteiger partial charge on any atom is -0.479 e. The van der Waals surface area contributed by atoms with Crippen molar-refractivity contribution in [3.8, 4) is 6.01 Å². The van der Waals surface area contributed by atoms with Crippen molar-refractivity contribution in [2.75, 3.05) is 49.5 Å². The predicted molar refractivity (Wildman–Crippen MR) is 131 cm³/mol. The molecule has 3 heterocycles. The number of aromatic hydroxyl groups is 1. The molecule has 0 aliphatic carbocycles. The van der Waals surface area contributed by atoms with E-state index in [1.165, 1.54) is 0 Å². The molecule has 2 aromatic carbocycles. The molecule has 0 radical (unpaired) electrons. The Morgan fingerprint density at radius 2 is 1.91 bits per heavy atom. The van der Waals surface area contributed by atoms with Gasteiger partial charge in [0.15, 0.2) is 0 Å². The highest BCUT2D eigenvalue weighted by Crippen LogP contribution is 2.25. The van der Waals surface area contributed by atoms with Gasteiger partial charge in [-0.25, -0.2) is 4.98 Å². The summed E-state index contributed by atoms with van der Waals surface area (Å²) < 4.78 is 1.07. The van der Waals surface area contributed by atoms with E-state index in [-0.39, 0.29) is 6.01 Å². The van der Waals surface area contributed by atoms with Crippen LogP contribution < -0.4 is 15.5 Å². The third kappa shape index (κ3) is 5.54. The van der Waals surface area contributed by atoms with Crippen molar-refractivity contribution in [2.45, 2.75) is 6.54 Å². The number of rotatable bonds is 8. The van der Waals surface area contributed by atoms with Crippen LogP contribution in [0.2, 0.25) is 0 Å². The van der Waals surface area contributed by atoms with Crippen LogP contribution in [-0.2, 0) is 6.54 Å². The number of nitrogens with one attached hydrogen (secondary N) is 2. The number of piperazine rings is 1. The van der Waals surface area contributed by atoms with Crippen molar-refractivity contribution in [3.05, 3.63) is 59.6 Å². The molecule has 1 aliphatic heterocycles. The molecule has 0 spiro atoms. The van der Waals surface area contributed by atoms with Crippen LogP contribution in [0.15, 0.2) is 54.0 Å². The fraction of sp³-hybridized carbons (Fsp3) is 0.304. The van der Waals surface area contributed by atoms with Gasteiger partial charge in [0.1, 0.15) is 0 Å². The minimum absolute atomic E-state index is 0.304. The average molecular weight is 463 g/mol. The second-order valence-corrected chi connectivity index (χ2v) is 8.80. The van der Waals surface area contributed by atoms with E-state index < -0.39 is 0 Å². The second kappa shape index (κ2) is 10.1. The van der Waals surface area contributed by atoms with Crippen LogP contribution in [0.3, 0.4) is 0 Å². The van der Waals surface area contributed by atoms with Crippen LogP contribution in [0.1, 0.15) is 5.56 Å². The lowest BCUT2D eigenvalue weighted by Gasteiger charge is -2.30. The first kappa shape index (κ1) is 21.5. The molecule has 0 bridgehead atoms. The third-order valence-corrected chi connectivity index (χ3v) is 6.39. The van der Waals surface area contributed by atoms with Gasteiger partial charge in [-0.3, -0.25) is 4.90 Å². The Balaban J connectivity index is 1.38. The molecule has 3 N–H and O–H groups in total. The van der Waals surface area contributed by atoms with Crippen molar-refractivity contribution in [2.24, 2.45) is 0 Å². The highest BCUT2D eigenvalue weighted by molar-refractivity contribution is 7.16. The number of benzene rings is 2. The summed E-state index contributed by atoms with van der Waals surface area (Å²) in [7, 11) is 0. The number of thiazole rings is 1. The normalized spacial score (nSPS) is 14.4. The summed E-state index contributed by atoms with van der Waals surface area (Å²) in [5.74, 6) is 0.754. The number of anilines is 3. The Kier molecular flexibility index (Phi) is 6.56. The summed E-state index contributed by atoms with van der Waals surface area (Å²) in [4.78, 5) is 21.8. The molecule has 170 valence electrons. The Labute approximate surface area is 196 Å². The molecule has 0 atom stereocenters. The van der Waals surface area contributed by atoms with E-state index in [0.29, 0.717) is 18.4 Å². The van der Waals surface area contributed by atoms with E-state index in [1.54, 1.807) is 11.3 Å². The monoisotopic (exact) mass is 462 g/mol. The van der Waals surface area contributed by atoms with Gasteiger partial charge in [-0.2, -0.15) is 15.0 Å². The first-order chi connectivity index (χ1) is 16.2. The molecule has 4 aromatic rings. The molecule has 33 heavy (non-hydrogen) atoms. The van der Waals surface area contributed by atoms with Gasteiger partial charge in [0.2, 0.25) is 11.9 Å². The van der Waals surface area contributed by atoms with Gasteiger partial charge in [0.25, 0.3) is 0 Å². The maximum atomic E-state index is 10.3. The SMILES string of the molecule is Oc1nc(Nc2ccc3ncsc3c2)nc(N(CCN2CCNCC2)Cc2ccccc2)n1. The van der Waals surface area contributed by atoms with Gasteiger partial charge in [0.05, 0.1) is 15.7 Å². The number of hydrogen-bond donors (Lipinski definition) is 3. The molecular weight excluding hydrogens is 436 g/mol. The quantitative estimate of drug-likeness (QED) is 0.365. The lowest BCUT2D eigenvalue weighted by Crippen LogP contribution is -2.46. The first-order valence-corrected chi connectivity index (χ1v) is 11.9. The molecule has 0 unspecified atom stereocenters. The molecule has 1 saturated heterocycles. The molecule has 0 amide bonds. The van der Waals surface area contributed by atoms with E-state index >= 15 is 0 Å². The van der Waals surface area contributed by atoms with Gasteiger partial charge in [0, 0.05) is 51.5 Å². The molecule has 1 fully saturated rings. The number of fused-ring (bicyclic) bond motifs is 1. The summed E-state index contributed by atoms with van der Waals surface area (Å²) in [6, 6.07) is 15.8. The Hall–Kier alpha value is -3.34. The number of nitrogens with zero attached hydrogens (tertiary/aromatic N) is 6. The molecule has 0 saturated carbocycles. The highest BCUT2D eigenvalue weighted by Gasteiger charge is 2.17.